The first-order valence-electron chi connectivity index (χ1n) is 10.3. The van der Waals surface area contributed by atoms with Crippen molar-refractivity contribution >= 4 is 16.9 Å². The number of aryl methyl sites for hydroxylation is 1. The van der Waals surface area contributed by atoms with Crippen molar-refractivity contribution in [3.05, 3.63) is 35.6 Å². The molecule has 0 atom stereocenters. The summed E-state index contributed by atoms with van der Waals surface area (Å²) >= 11 is 0. The minimum atomic E-state index is 0.113. The van der Waals surface area contributed by atoms with Crippen LogP contribution in [0.2, 0.25) is 0 Å². The maximum atomic E-state index is 13.3. The lowest BCUT2D eigenvalue weighted by atomic mass is 10.0. The molecule has 0 bridgehead atoms. The number of likely N-dealkylation sites (tertiary alicyclic amines) is 1. The van der Waals surface area contributed by atoms with Gasteiger partial charge < -0.3 is 19.3 Å². The first kappa shape index (κ1) is 19.9. The number of aliphatic hydroxyl groups is 1. The van der Waals surface area contributed by atoms with Crippen LogP contribution in [0.25, 0.3) is 11.0 Å². The summed E-state index contributed by atoms with van der Waals surface area (Å²) in [6.45, 7) is 4.85. The van der Waals surface area contributed by atoms with Gasteiger partial charge in [0.1, 0.15) is 11.3 Å². The van der Waals surface area contributed by atoms with Crippen molar-refractivity contribution < 1.29 is 14.3 Å². The zero-order valence-electron chi connectivity index (χ0n) is 16.6. The molecule has 1 aromatic heterocycles. The molecule has 1 amide bonds. The Morgan fingerprint density at radius 1 is 1.26 bits per heavy atom. The molecule has 27 heavy (non-hydrogen) atoms. The molecule has 2 aromatic rings. The third-order valence-corrected chi connectivity index (χ3v) is 5.68. The highest BCUT2D eigenvalue weighted by Crippen LogP contribution is 2.29. The molecule has 0 aliphatic carbocycles. The van der Waals surface area contributed by atoms with E-state index in [1.165, 1.54) is 0 Å². The molecule has 0 unspecified atom stereocenters. The number of carbonyl (C=O) groups excluding carboxylic acids is 1. The van der Waals surface area contributed by atoms with Crippen molar-refractivity contribution in [3.63, 3.8) is 0 Å². The second-order valence-electron chi connectivity index (χ2n) is 7.58. The van der Waals surface area contributed by atoms with Crippen LogP contribution < -0.4 is 0 Å². The van der Waals surface area contributed by atoms with E-state index in [2.05, 4.69) is 18.9 Å². The third-order valence-electron chi connectivity index (χ3n) is 5.68. The Hall–Kier alpha value is -1.85. The van der Waals surface area contributed by atoms with E-state index in [0.29, 0.717) is 6.04 Å². The second kappa shape index (κ2) is 9.38. The van der Waals surface area contributed by atoms with Gasteiger partial charge in [-0.25, -0.2) is 0 Å². The number of carbonyl (C=O) groups is 1. The van der Waals surface area contributed by atoms with Gasteiger partial charge in [0.2, 0.25) is 0 Å². The first-order valence-corrected chi connectivity index (χ1v) is 10.3. The van der Waals surface area contributed by atoms with Crippen molar-refractivity contribution in [2.45, 2.75) is 51.5 Å². The fraction of sp³-hybridized carbons (Fsp3) is 0.591. The summed E-state index contributed by atoms with van der Waals surface area (Å²) in [5.74, 6) is 0.952. The highest BCUT2D eigenvalue weighted by Gasteiger charge is 2.29. The van der Waals surface area contributed by atoms with Gasteiger partial charge in [0.15, 0.2) is 0 Å². The van der Waals surface area contributed by atoms with Crippen LogP contribution in [-0.2, 0) is 6.42 Å². The zero-order valence-corrected chi connectivity index (χ0v) is 16.6. The van der Waals surface area contributed by atoms with Crippen LogP contribution in [0.4, 0.5) is 0 Å². The van der Waals surface area contributed by atoms with Crippen molar-refractivity contribution in [2.24, 2.45) is 0 Å². The van der Waals surface area contributed by atoms with Crippen LogP contribution >= 0.6 is 0 Å². The molecule has 3 rings (SSSR count). The van der Waals surface area contributed by atoms with Gasteiger partial charge in [0.05, 0.1) is 5.56 Å². The number of hydrogen-bond acceptors (Lipinski definition) is 4. The number of aliphatic hydroxyl groups excluding tert-OH is 1. The van der Waals surface area contributed by atoms with Gasteiger partial charge in [-0.1, -0.05) is 31.5 Å². The van der Waals surface area contributed by atoms with Crippen LogP contribution in [0.3, 0.4) is 0 Å². The Balaban J connectivity index is 1.73. The van der Waals surface area contributed by atoms with E-state index >= 15 is 0 Å². The number of fused-ring (bicyclic) bond motifs is 1. The molecule has 0 saturated carbocycles. The number of rotatable bonds is 8. The molecule has 0 radical (unpaired) electrons. The molecule has 2 heterocycles. The predicted octanol–water partition coefficient (Wildman–Crippen LogP) is 3.69. The van der Waals surface area contributed by atoms with Crippen molar-refractivity contribution in [1.82, 2.24) is 9.80 Å². The van der Waals surface area contributed by atoms with Gasteiger partial charge in [0.25, 0.3) is 5.91 Å². The summed E-state index contributed by atoms with van der Waals surface area (Å²) in [4.78, 5) is 17.6. The molecule has 0 spiro atoms. The Bertz CT molecular complexity index is 747. The van der Waals surface area contributed by atoms with Crippen molar-refractivity contribution in [3.8, 4) is 0 Å². The highest BCUT2D eigenvalue weighted by molar-refractivity contribution is 6.07. The second-order valence-corrected chi connectivity index (χ2v) is 7.58. The summed E-state index contributed by atoms with van der Waals surface area (Å²) in [5.41, 5.74) is 1.58. The van der Waals surface area contributed by atoms with Gasteiger partial charge in [-0.15, -0.1) is 0 Å². The molecule has 148 valence electrons. The predicted molar refractivity (Wildman–Crippen MR) is 108 cm³/mol. The quantitative estimate of drug-likeness (QED) is 0.768. The molecule has 1 saturated heterocycles. The number of para-hydroxylation sites is 1. The van der Waals surface area contributed by atoms with Crippen LogP contribution in [0, 0.1) is 0 Å². The Labute approximate surface area is 161 Å². The van der Waals surface area contributed by atoms with E-state index in [1.54, 1.807) is 0 Å². The molecule has 1 aliphatic rings. The first-order chi connectivity index (χ1) is 13.2. The van der Waals surface area contributed by atoms with Crippen LogP contribution in [-0.4, -0.2) is 60.1 Å². The maximum absolute atomic E-state index is 13.3. The summed E-state index contributed by atoms with van der Waals surface area (Å²) < 4.78 is 6.04. The smallest absolute Gasteiger partial charge is 0.258 e. The summed E-state index contributed by atoms with van der Waals surface area (Å²) in [7, 11) is 2.12. The SMILES string of the molecule is CCCCc1oc2ccccc2c1C(=O)N1CCC(N(C)CCCO)CC1. The van der Waals surface area contributed by atoms with Gasteiger partial charge >= 0.3 is 0 Å². The molecule has 1 aromatic carbocycles. The standard InChI is InChI=1S/C22H32N2O3/c1-3-4-9-20-21(18-8-5-6-10-19(18)27-20)22(26)24-14-11-17(12-15-24)23(2)13-7-16-25/h5-6,8,10,17,25H,3-4,7,9,11-16H2,1-2H3. The number of nitrogens with zero attached hydrogens (tertiary/aromatic N) is 2. The van der Waals surface area contributed by atoms with Crippen LogP contribution in [0.5, 0.6) is 0 Å². The maximum Gasteiger partial charge on any atom is 0.258 e. The number of hydrogen-bond donors (Lipinski definition) is 1. The van der Waals surface area contributed by atoms with E-state index in [-0.39, 0.29) is 12.5 Å². The Morgan fingerprint density at radius 3 is 2.70 bits per heavy atom. The monoisotopic (exact) mass is 372 g/mol. The number of amides is 1. The lowest BCUT2D eigenvalue weighted by molar-refractivity contribution is 0.0640. The zero-order chi connectivity index (χ0) is 19.2. The molecule has 5 nitrogen and oxygen atoms in total. The molecular weight excluding hydrogens is 340 g/mol. The van der Waals surface area contributed by atoms with E-state index < -0.39 is 0 Å². The lowest BCUT2D eigenvalue weighted by Crippen LogP contribution is -2.46. The average molecular weight is 373 g/mol. The summed E-state index contributed by atoms with van der Waals surface area (Å²) in [5, 5.41) is 9.96. The molecular formula is C22H32N2O3. The Morgan fingerprint density at radius 2 is 2.00 bits per heavy atom. The average Bonchev–Trinajstić information content (AvgIpc) is 3.08. The van der Waals surface area contributed by atoms with Crippen LogP contribution in [0.15, 0.2) is 28.7 Å². The number of benzene rings is 1. The molecule has 1 fully saturated rings. The topological polar surface area (TPSA) is 56.9 Å². The van der Waals surface area contributed by atoms with E-state index in [0.717, 1.165) is 80.5 Å². The minimum absolute atomic E-state index is 0.113. The number of furan rings is 1. The van der Waals surface area contributed by atoms with Gasteiger partial charge in [-0.3, -0.25) is 4.79 Å². The fourth-order valence-corrected chi connectivity index (χ4v) is 4.01. The van der Waals surface area contributed by atoms with Gasteiger partial charge in [-0.05, 0) is 38.8 Å². The Kier molecular flexibility index (Phi) is 6.91. The van der Waals surface area contributed by atoms with Gasteiger partial charge in [0, 0.05) is 44.1 Å². The van der Waals surface area contributed by atoms with E-state index in [4.69, 9.17) is 9.52 Å². The highest BCUT2D eigenvalue weighted by atomic mass is 16.3. The van der Waals surface area contributed by atoms with E-state index in [9.17, 15) is 4.79 Å². The summed E-state index contributed by atoms with van der Waals surface area (Å²) in [6, 6.07) is 8.36. The number of piperidine rings is 1. The minimum Gasteiger partial charge on any atom is -0.460 e. The van der Waals surface area contributed by atoms with Crippen LogP contribution in [0.1, 0.15) is 55.1 Å². The van der Waals surface area contributed by atoms with Crippen molar-refractivity contribution in [1.29, 1.82) is 0 Å². The third kappa shape index (κ3) is 4.53. The fourth-order valence-electron chi connectivity index (χ4n) is 4.01. The molecule has 5 heteroatoms. The van der Waals surface area contributed by atoms with E-state index in [1.807, 2.05) is 29.2 Å². The normalized spacial score (nSPS) is 15.8. The largest absolute Gasteiger partial charge is 0.460 e. The summed E-state index contributed by atoms with van der Waals surface area (Å²) in [6.07, 6.45) is 5.68. The van der Waals surface area contributed by atoms with Gasteiger partial charge in [-0.2, -0.15) is 0 Å². The molecule has 1 aliphatic heterocycles. The molecule has 1 N–H and O–H groups in total. The van der Waals surface area contributed by atoms with Crippen molar-refractivity contribution in [2.75, 3.05) is 33.3 Å². The lowest BCUT2D eigenvalue weighted by Gasteiger charge is -2.36. The number of unbranched alkanes of at least 4 members (excludes halogenated alkanes) is 1.